The van der Waals surface area contributed by atoms with E-state index in [1.54, 1.807) is 23.6 Å². The number of nitrogens with one attached hydrogen (secondary N) is 1. The van der Waals surface area contributed by atoms with E-state index in [-0.39, 0.29) is 23.1 Å². The number of aromatic nitrogens is 1. The van der Waals surface area contributed by atoms with Crippen LogP contribution in [0.5, 0.6) is 0 Å². The molecule has 0 radical (unpaired) electrons. The summed E-state index contributed by atoms with van der Waals surface area (Å²) in [7, 11) is -1.87. The monoisotopic (exact) mass is 297 g/mol. The summed E-state index contributed by atoms with van der Waals surface area (Å²) in [6, 6.07) is 1.49. The summed E-state index contributed by atoms with van der Waals surface area (Å²) in [5.74, 6) is 0. The number of sulfonamides is 1. The van der Waals surface area contributed by atoms with E-state index in [4.69, 9.17) is 0 Å². The van der Waals surface area contributed by atoms with Crippen molar-refractivity contribution in [1.82, 2.24) is 9.29 Å². The summed E-state index contributed by atoms with van der Waals surface area (Å²) >= 11 is 0. The van der Waals surface area contributed by atoms with Crippen LogP contribution in [0, 0.1) is 0 Å². The van der Waals surface area contributed by atoms with Crippen molar-refractivity contribution in [2.24, 2.45) is 0 Å². The molecule has 0 aromatic carbocycles. The van der Waals surface area contributed by atoms with Gasteiger partial charge in [0.05, 0.1) is 11.8 Å². The Morgan fingerprint density at radius 3 is 2.60 bits per heavy atom. The molecule has 20 heavy (non-hydrogen) atoms. The molecule has 0 amide bonds. The van der Waals surface area contributed by atoms with Crippen LogP contribution in [0.25, 0.3) is 0 Å². The molecule has 6 nitrogen and oxygen atoms in total. The molecule has 2 aliphatic heterocycles. The number of anilines is 1. The van der Waals surface area contributed by atoms with Gasteiger partial charge in [-0.25, -0.2) is 8.42 Å². The van der Waals surface area contributed by atoms with Crippen molar-refractivity contribution in [2.45, 2.75) is 48.8 Å². The van der Waals surface area contributed by atoms with E-state index in [0.717, 1.165) is 12.8 Å². The maximum Gasteiger partial charge on any atom is 0.247 e. The molecule has 3 heterocycles. The number of nitrogens with zero attached hydrogens (tertiary/aromatic N) is 2. The lowest BCUT2D eigenvalue weighted by molar-refractivity contribution is 0.0769. The number of piperidine rings is 1. The molecule has 1 aromatic rings. The van der Waals surface area contributed by atoms with Gasteiger partial charge in [0.15, 0.2) is 0 Å². The fraction of sp³-hybridized carbons (Fsp3) is 0.615. The Labute approximate surface area is 118 Å². The van der Waals surface area contributed by atoms with E-state index in [9.17, 15) is 13.5 Å². The zero-order valence-electron chi connectivity index (χ0n) is 11.4. The second-order valence-corrected chi connectivity index (χ2v) is 7.28. The molecule has 0 spiro atoms. The molecule has 2 N–H and O–H groups in total. The highest BCUT2D eigenvalue weighted by atomic mass is 32.2. The summed E-state index contributed by atoms with van der Waals surface area (Å²) in [6.07, 6.45) is 5.31. The minimum Gasteiger partial charge on any atom is -0.393 e. The van der Waals surface area contributed by atoms with E-state index in [1.165, 1.54) is 6.20 Å². The quantitative estimate of drug-likeness (QED) is 0.862. The van der Waals surface area contributed by atoms with Crippen LogP contribution >= 0.6 is 0 Å². The highest BCUT2D eigenvalue weighted by Crippen LogP contribution is 2.40. The maximum absolute atomic E-state index is 12.9. The van der Waals surface area contributed by atoms with Crippen molar-refractivity contribution >= 4 is 15.7 Å². The Kier molecular flexibility index (Phi) is 3.43. The van der Waals surface area contributed by atoms with Crippen molar-refractivity contribution in [2.75, 3.05) is 12.4 Å². The van der Waals surface area contributed by atoms with E-state index in [0.29, 0.717) is 18.5 Å². The lowest BCUT2D eigenvalue weighted by atomic mass is 10.0. The lowest BCUT2D eigenvalue weighted by Crippen LogP contribution is -2.47. The Hall–Kier alpha value is -1.18. The minimum atomic E-state index is -3.57. The molecule has 0 saturated carbocycles. The molecule has 2 fully saturated rings. The van der Waals surface area contributed by atoms with Gasteiger partial charge in [-0.15, -0.1) is 0 Å². The summed E-state index contributed by atoms with van der Waals surface area (Å²) in [4.78, 5) is 4.16. The van der Waals surface area contributed by atoms with Gasteiger partial charge in [0.2, 0.25) is 10.0 Å². The van der Waals surface area contributed by atoms with Crippen LogP contribution in [0.1, 0.15) is 25.7 Å². The van der Waals surface area contributed by atoms with Crippen LogP contribution in [0.4, 0.5) is 5.69 Å². The SMILES string of the molecule is CNc1ccncc1S(=O)(=O)N1C2CCC1CC(O)C2. The van der Waals surface area contributed by atoms with E-state index in [2.05, 4.69) is 10.3 Å². The average Bonchev–Trinajstić information content (AvgIpc) is 2.72. The summed E-state index contributed by atoms with van der Waals surface area (Å²) in [6.45, 7) is 0. The molecule has 3 rings (SSSR count). The van der Waals surface area contributed by atoms with Crippen molar-refractivity contribution in [3.05, 3.63) is 18.5 Å². The fourth-order valence-electron chi connectivity index (χ4n) is 3.40. The Bertz CT molecular complexity index is 591. The molecular weight excluding hydrogens is 278 g/mol. The standard InChI is InChI=1S/C13H19N3O3S/c1-14-12-4-5-15-8-13(12)20(18,19)16-9-2-3-10(16)7-11(17)6-9/h4-5,8-11,17H,2-3,6-7H2,1H3,(H,14,15). The van der Waals surface area contributed by atoms with Crippen molar-refractivity contribution < 1.29 is 13.5 Å². The number of aliphatic hydroxyl groups excluding tert-OH is 1. The predicted octanol–water partition coefficient (Wildman–Crippen LogP) is 0.800. The van der Waals surface area contributed by atoms with Gasteiger partial charge < -0.3 is 10.4 Å². The van der Waals surface area contributed by atoms with Crippen LogP contribution in [0.3, 0.4) is 0 Å². The third-order valence-corrected chi connectivity index (χ3v) is 6.28. The van der Waals surface area contributed by atoms with Crippen LogP contribution < -0.4 is 5.32 Å². The number of hydrogen-bond acceptors (Lipinski definition) is 5. The van der Waals surface area contributed by atoms with E-state index < -0.39 is 10.0 Å². The number of hydrogen-bond donors (Lipinski definition) is 2. The maximum atomic E-state index is 12.9. The van der Waals surface area contributed by atoms with E-state index >= 15 is 0 Å². The average molecular weight is 297 g/mol. The molecule has 2 atom stereocenters. The van der Waals surface area contributed by atoms with Crippen LogP contribution in [0.15, 0.2) is 23.4 Å². The molecule has 2 aliphatic rings. The minimum absolute atomic E-state index is 0.0846. The zero-order valence-corrected chi connectivity index (χ0v) is 12.2. The molecule has 2 unspecified atom stereocenters. The zero-order chi connectivity index (χ0) is 14.3. The predicted molar refractivity (Wildman–Crippen MR) is 74.9 cm³/mol. The van der Waals surface area contributed by atoms with Crippen LogP contribution in [-0.2, 0) is 10.0 Å². The lowest BCUT2D eigenvalue weighted by Gasteiger charge is -2.36. The van der Waals surface area contributed by atoms with Gasteiger partial charge in [-0.2, -0.15) is 4.31 Å². The van der Waals surface area contributed by atoms with Crippen molar-refractivity contribution in [3.8, 4) is 0 Å². The first-order valence-electron chi connectivity index (χ1n) is 6.87. The summed E-state index contributed by atoms with van der Waals surface area (Å²) < 4.78 is 27.4. The molecule has 7 heteroatoms. The molecule has 2 bridgehead atoms. The number of aliphatic hydroxyl groups is 1. The van der Waals surface area contributed by atoms with Gasteiger partial charge in [-0.3, -0.25) is 4.98 Å². The third kappa shape index (κ3) is 2.10. The van der Waals surface area contributed by atoms with Crippen LogP contribution in [-0.4, -0.2) is 48.0 Å². The molecular formula is C13H19N3O3S. The van der Waals surface area contributed by atoms with E-state index in [1.807, 2.05) is 0 Å². The van der Waals surface area contributed by atoms with Gasteiger partial charge in [-0.1, -0.05) is 0 Å². The van der Waals surface area contributed by atoms with Crippen molar-refractivity contribution in [3.63, 3.8) is 0 Å². The first-order chi connectivity index (χ1) is 9.54. The topological polar surface area (TPSA) is 82.5 Å². The highest BCUT2D eigenvalue weighted by Gasteiger charge is 2.47. The fourth-order valence-corrected chi connectivity index (χ4v) is 5.44. The third-order valence-electron chi connectivity index (χ3n) is 4.25. The molecule has 2 saturated heterocycles. The van der Waals surface area contributed by atoms with Gasteiger partial charge >= 0.3 is 0 Å². The number of rotatable bonds is 3. The first kappa shape index (κ1) is 13.8. The largest absolute Gasteiger partial charge is 0.393 e. The Balaban J connectivity index is 2.01. The smallest absolute Gasteiger partial charge is 0.247 e. The molecule has 1 aromatic heterocycles. The van der Waals surface area contributed by atoms with Gasteiger partial charge in [0.1, 0.15) is 4.90 Å². The Morgan fingerprint density at radius 2 is 2.00 bits per heavy atom. The summed E-state index contributed by atoms with van der Waals surface area (Å²) in [5, 5.41) is 12.7. The second kappa shape index (κ2) is 4.98. The normalized spacial score (nSPS) is 30.4. The first-order valence-corrected chi connectivity index (χ1v) is 8.31. The molecule has 110 valence electrons. The van der Waals surface area contributed by atoms with Gasteiger partial charge in [0, 0.05) is 31.5 Å². The summed E-state index contributed by atoms with van der Waals surface area (Å²) in [5.41, 5.74) is 0.561. The Morgan fingerprint density at radius 1 is 1.35 bits per heavy atom. The second-order valence-electron chi connectivity index (χ2n) is 5.47. The number of fused-ring (bicyclic) bond motifs is 2. The van der Waals surface area contributed by atoms with Gasteiger partial charge in [-0.05, 0) is 31.7 Å². The van der Waals surface area contributed by atoms with Crippen molar-refractivity contribution in [1.29, 1.82) is 0 Å². The number of pyridine rings is 1. The highest BCUT2D eigenvalue weighted by molar-refractivity contribution is 7.89. The van der Waals surface area contributed by atoms with Crippen LogP contribution in [0.2, 0.25) is 0 Å². The van der Waals surface area contributed by atoms with Gasteiger partial charge in [0.25, 0.3) is 0 Å². The molecule has 0 aliphatic carbocycles.